The van der Waals surface area contributed by atoms with Crippen LogP contribution < -0.4 is 10.1 Å². The summed E-state index contributed by atoms with van der Waals surface area (Å²) < 4.78 is 33.0. The van der Waals surface area contributed by atoms with Crippen molar-refractivity contribution in [2.75, 3.05) is 20.2 Å². The van der Waals surface area contributed by atoms with Gasteiger partial charge in [0.1, 0.15) is 5.75 Å². The van der Waals surface area contributed by atoms with Crippen LogP contribution in [0.2, 0.25) is 0 Å². The molecule has 1 fully saturated rings. The molecule has 0 unspecified atom stereocenters. The number of hydrogen-bond acceptors (Lipinski definition) is 4. The Bertz CT molecular complexity index is 1240. The van der Waals surface area contributed by atoms with Crippen LogP contribution in [0.5, 0.6) is 5.75 Å². The van der Waals surface area contributed by atoms with E-state index in [9.17, 15) is 13.2 Å². The van der Waals surface area contributed by atoms with E-state index in [-0.39, 0.29) is 22.6 Å². The molecular weight excluding hydrogens is 448 g/mol. The van der Waals surface area contributed by atoms with Crippen molar-refractivity contribution in [3.8, 4) is 5.75 Å². The maximum atomic E-state index is 13.1. The van der Waals surface area contributed by atoms with Crippen LogP contribution in [-0.2, 0) is 21.4 Å². The fraction of sp³-hybridized carbons (Fsp3) is 0.370. The lowest BCUT2D eigenvalue weighted by Crippen LogP contribution is -2.44. The molecule has 3 aromatic carbocycles. The van der Waals surface area contributed by atoms with Crippen molar-refractivity contribution in [3.63, 3.8) is 0 Å². The van der Waals surface area contributed by atoms with E-state index in [4.69, 9.17) is 4.74 Å². The molecule has 0 spiro atoms. The summed E-state index contributed by atoms with van der Waals surface area (Å²) in [5.41, 5.74) is 1.10. The van der Waals surface area contributed by atoms with E-state index in [0.29, 0.717) is 38.2 Å². The highest BCUT2D eigenvalue weighted by Crippen LogP contribution is 2.32. The molecule has 4 rings (SSSR count). The van der Waals surface area contributed by atoms with Gasteiger partial charge in [0.05, 0.1) is 12.0 Å². The van der Waals surface area contributed by atoms with E-state index in [1.54, 1.807) is 35.7 Å². The summed E-state index contributed by atoms with van der Waals surface area (Å²) >= 11 is 0. The molecule has 1 heterocycles. The summed E-state index contributed by atoms with van der Waals surface area (Å²) in [6.07, 6.45) is 1.92. The van der Waals surface area contributed by atoms with E-state index in [0.717, 1.165) is 22.8 Å². The molecule has 0 bridgehead atoms. The Balaban J connectivity index is 1.36. The molecular formula is C27H32N2O4S. The predicted octanol–water partition coefficient (Wildman–Crippen LogP) is 4.59. The molecule has 6 nitrogen and oxygen atoms in total. The van der Waals surface area contributed by atoms with Crippen LogP contribution in [0.3, 0.4) is 0 Å². The van der Waals surface area contributed by atoms with E-state index >= 15 is 0 Å². The van der Waals surface area contributed by atoms with Crippen molar-refractivity contribution in [2.45, 2.75) is 37.6 Å². The summed E-state index contributed by atoms with van der Waals surface area (Å²) in [7, 11) is -2.02. The van der Waals surface area contributed by atoms with E-state index in [2.05, 4.69) is 30.4 Å². The van der Waals surface area contributed by atoms with Crippen LogP contribution in [0, 0.1) is 11.8 Å². The first kappa shape index (κ1) is 24.2. The number of benzene rings is 3. The average molecular weight is 481 g/mol. The van der Waals surface area contributed by atoms with Crippen molar-refractivity contribution in [1.82, 2.24) is 9.62 Å². The predicted molar refractivity (Wildman–Crippen MR) is 134 cm³/mol. The standard InChI is InChI=1S/C27H32N2O4S/c1-3-20-19-29(34(31,32)25-13-11-24(33-2)12-14-25)16-15-22(20)17-27(30)28-18-23-9-6-8-21-7-4-5-10-26(21)23/h4-14,20,22H,3,15-19H2,1-2H3,(H,28,30)/t20-,22-/m0/s1. The van der Waals surface area contributed by atoms with Crippen molar-refractivity contribution < 1.29 is 17.9 Å². The summed E-state index contributed by atoms with van der Waals surface area (Å²) in [4.78, 5) is 13.1. The maximum absolute atomic E-state index is 13.1. The van der Waals surface area contributed by atoms with E-state index in [1.165, 1.54) is 0 Å². The Kier molecular flexibility index (Phi) is 7.54. The monoisotopic (exact) mass is 480 g/mol. The van der Waals surface area contributed by atoms with Gasteiger partial charge < -0.3 is 10.1 Å². The molecule has 2 atom stereocenters. The quantitative estimate of drug-likeness (QED) is 0.512. The molecule has 1 aliphatic rings. The van der Waals surface area contributed by atoms with Crippen molar-refractivity contribution >= 4 is 26.7 Å². The first-order valence-electron chi connectivity index (χ1n) is 11.8. The third-order valence-corrected chi connectivity index (χ3v) is 8.76. The lowest BCUT2D eigenvalue weighted by Gasteiger charge is -2.37. The highest BCUT2D eigenvalue weighted by atomic mass is 32.2. The van der Waals surface area contributed by atoms with Crippen LogP contribution in [0.1, 0.15) is 31.7 Å². The molecule has 3 aromatic rings. The van der Waals surface area contributed by atoms with Gasteiger partial charge in [0.2, 0.25) is 15.9 Å². The Hall–Kier alpha value is -2.90. The molecule has 7 heteroatoms. The second-order valence-electron chi connectivity index (χ2n) is 8.87. The smallest absolute Gasteiger partial charge is 0.243 e. The van der Waals surface area contributed by atoms with Crippen molar-refractivity contribution in [1.29, 1.82) is 0 Å². The number of amides is 1. The van der Waals surface area contributed by atoms with Crippen LogP contribution in [0.4, 0.5) is 0 Å². The van der Waals surface area contributed by atoms with Crippen LogP contribution in [0.15, 0.2) is 71.6 Å². The number of carbonyl (C=O) groups excluding carboxylic acids is 1. The zero-order chi connectivity index (χ0) is 24.1. The van der Waals surface area contributed by atoms with Gasteiger partial charge in [0.25, 0.3) is 0 Å². The van der Waals surface area contributed by atoms with Gasteiger partial charge in [-0.1, -0.05) is 55.8 Å². The molecule has 0 aliphatic carbocycles. The number of carbonyl (C=O) groups is 1. The molecule has 1 saturated heterocycles. The molecule has 1 amide bonds. The first-order chi connectivity index (χ1) is 16.4. The second kappa shape index (κ2) is 10.6. The number of nitrogens with zero attached hydrogens (tertiary/aromatic N) is 1. The molecule has 180 valence electrons. The lowest BCUT2D eigenvalue weighted by molar-refractivity contribution is -0.122. The van der Waals surface area contributed by atoms with Crippen LogP contribution in [-0.4, -0.2) is 38.8 Å². The zero-order valence-electron chi connectivity index (χ0n) is 19.7. The van der Waals surface area contributed by atoms with Gasteiger partial charge in [-0.3, -0.25) is 4.79 Å². The van der Waals surface area contributed by atoms with Crippen LogP contribution in [0.25, 0.3) is 10.8 Å². The largest absolute Gasteiger partial charge is 0.497 e. The number of fused-ring (bicyclic) bond motifs is 1. The Morgan fingerprint density at radius 3 is 2.50 bits per heavy atom. The fourth-order valence-electron chi connectivity index (χ4n) is 4.84. The van der Waals surface area contributed by atoms with Gasteiger partial charge in [0, 0.05) is 26.1 Å². The number of ether oxygens (including phenoxy) is 1. The second-order valence-corrected chi connectivity index (χ2v) is 10.8. The van der Waals surface area contributed by atoms with E-state index in [1.807, 2.05) is 24.3 Å². The summed E-state index contributed by atoms with van der Waals surface area (Å²) in [6.45, 7) is 3.41. The molecule has 34 heavy (non-hydrogen) atoms. The zero-order valence-corrected chi connectivity index (χ0v) is 20.6. The van der Waals surface area contributed by atoms with Gasteiger partial charge in [0.15, 0.2) is 0 Å². The number of hydrogen-bond donors (Lipinski definition) is 1. The molecule has 0 saturated carbocycles. The Morgan fingerprint density at radius 2 is 1.76 bits per heavy atom. The summed E-state index contributed by atoms with van der Waals surface area (Å²) in [5, 5.41) is 5.38. The number of nitrogens with one attached hydrogen (secondary N) is 1. The lowest BCUT2D eigenvalue weighted by atomic mass is 9.82. The molecule has 1 aliphatic heterocycles. The minimum absolute atomic E-state index is 0.0165. The molecule has 0 radical (unpaired) electrons. The highest BCUT2D eigenvalue weighted by molar-refractivity contribution is 7.89. The topological polar surface area (TPSA) is 75.7 Å². The van der Waals surface area contributed by atoms with E-state index < -0.39 is 10.0 Å². The Morgan fingerprint density at radius 1 is 1.03 bits per heavy atom. The van der Waals surface area contributed by atoms with Gasteiger partial charge in [-0.05, 0) is 58.9 Å². The summed E-state index contributed by atoms with van der Waals surface area (Å²) in [5.74, 6) is 0.950. The number of piperidine rings is 1. The third kappa shape index (κ3) is 5.26. The fourth-order valence-corrected chi connectivity index (χ4v) is 6.36. The average Bonchev–Trinajstić information content (AvgIpc) is 2.87. The van der Waals surface area contributed by atoms with Crippen molar-refractivity contribution in [2.24, 2.45) is 11.8 Å². The van der Waals surface area contributed by atoms with Gasteiger partial charge in [-0.25, -0.2) is 8.42 Å². The minimum atomic E-state index is -3.57. The highest BCUT2D eigenvalue weighted by Gasteiger charge is 2.35. The summed E-state index contributed by atoms with van der Waals surface area (Å²) in [6, 6.07) is 20.8. The number of methoxy groups -OCH3 is 1. The first-order valence-corrected chi connectivity index (χ1v) is 13.2. The SMILES string of the molecule is CC[C@H]1CN(S(=O)(=O)c2ccc(OC)cc2)CC[C@H]1CC(=O)NCc1cccc2ccccc12. The number of rotatable bonds is 8. The normalized spacial score (nSPS) is 19.1. The van der Waals surface area contributed by atoms with Crippen molar-refractivity contribution in [3.05, 3.63) is 72.3 Å². The minimum Gasteiger partial charge on any atom is -0.497 e. The van der Waals surface area contributed by atoms with Gasteiger partial charge in [-0.2, -0.15) is 4.31 Å². The molecule has 1 N–H and O–H groups in total. The third-order valence-electron chi connectivity index (χ3n) is 6.88. The van der Waals surface area contributed by atoms with Crippen LogP contribution >= 0.6 is 0 Å². The molecule has 0 aromatic heterocycles. The maximum Gasteiger partial charge on any atom is 0.243 e. The van der Waals surface area contributed by atoms with Gasteiger partial charge >= 0.3 is 0 Å². The van der Waals surface area contributed by atoms with Gasteiger partial charge in [-0.15, -0.1) is 0 Å². The Labute approximate surface area is 202 Å². The number of sulfonamides is 1.